The Morgan fingerprint density at radius 2 is 1.97 bits per heavy atom. The highest BCUT2D eigenvalue weighted by atomic mass is 32.2. The molecule has 0 fully saturated rings. The number of anilines is 1. The van der Waals surface area contributed by atoms with Gasteiger partial charge in [-0.2, -0.15) is 0 Å². The fourth-order valence-electron chi connectivity index (χ4n) is 3.10. The molecule has 1 amide bonds. The molecule has 0 aliphatic rings. The first-order chi connectivity index (χ1) is 15.4. The van der Waals surface area contributed by atoms with Gasteiger partial charge in [-0.25, -0.2) is 0 Å². The zero-order valence-corrected chi connectivity index (χ0v) is 19.6. The molecule has 0 spiro atoms. The van der Waals surface area contributed by atoms with Crippen LogP contribution in [-0.4, -0.2) is 33.5 Å². The summed E-state index contributed by atoms with van der Waals surface area (Å²) in [4.78, 5) is 12.4. The molecule has 1 N–H and O–H groups in total. The molecule has 0 bridgehead atoms. The van der Waals surface area contributed by atoms with Gasteiger partial charge in [0.25, 0.3) is 0 Å². The van der Waals surface area contributed by atoms with E-state index in [1.807, 2.05) is 30.5 Å². The van der Waals surface area contributed by atoms with Crippen molar-refractivity contribution in [2.45, 2.75) is 38.6 Å². The highest BCUT2D eigenvalue weighted by Gasteiger charge is 2.20. The first kappa shape index (κ1) is 23.4. The van der Waals surface area contributed by atoms with Crippen LogP contribution in [0.5, 0.6) is 11.5 Å². The van der Waals surface area contributed by atoms with Gasteiger partial charge in [0.2, 0.25) is 5.91 Å². The number of aryl methyl sites for hydroxylation is 1. The molecule has 0 saturated carbocycles. The van der Waals surface area contributed by atoms with E-state index in [1.54, 1.807) is 37.5 Å². The minimum absolute atomic E-state index is 0.130. The summed E-state index contributed by atoms with van der Waals surface area (Å²) in [6.45, 7) is 10.4. The van der Waals surface area contributed by atoms with Gasteiger partial charge in [0.1, 0.15) is 11.5 Å². The standard InChI is InChI=1S/C24H28N4O3S/c1-6-14-28-23(18(4)31-21-9-7-8-16(2)17(21)3)26-27-24(28)32-15-22(29)25-19-10-12-20(30-5)13-11-19/h6-13,18H,1,14-15H2,2-5H3,(H,25,29). The van der Waals surface area contributed by atoms with Gasteiger partial charge in [-0.15, -0.1) is 16.8 Å². The van der Waals surface area contributed by atoms with Crippen LogP contribution in [0.15, 0.2) is 60.3 Å². The Morgan fingerprint density at radius 1 is 1.22 bits per heavy atom. The van der Waals surface area contributed by atoms with Crippen molar-refractivity contribution in [3.8, 4) is 11.5 Å². The predicted octanol–water partition coefficient (Wildman–Crippen LogP) is 4.96. The summed E-state index contributed by atoms with van der Waals surface area (Å²) in [5, 5.41) is 12.1. The Kier molecular flexibility index (Phi) is 7.94. The number of nitrogens with one attached hydrogen (secondary N) is 1. The molecule has 1 atom stereocenters. The van der Waals surface area contributed by atoms with E-state index in [2.05, 4.69) is 35.1 Å². The smallest absolute Gasteiger partial charge is 0.234 e. The van der Waals surface area contributed by atoms with Gasteiger partial charge >= 0.3 is 0 Å². The predicted molar refractivity (Wildman–Crippen MR) is 128 cm³/mol. The molecule has 3 rings (SSSR count). The van der Waals surface area contributed by atoms with Crippen molar-refractivity contribution in [1.82, 2.24) is 14.8 Å². The topological polar surface area (TPSA) is 78.3 Å². The van der Waals surface area contributed by atoms with E-state index in [0.29, 0.717) is 23.2 Å². The Balaban J connectivity index is 1.67. The number of carbonyl (C=O) groups excluding carboxylic acids is 1. The summed E-state index contributed by atoms with van der Waals surface area (Å²) >= 11 is 1.32. The maximum absolute atomic E-state index is 12.4. The van der Waals surface area contributed by atoms with Crippen LogP contribution in [0.2, 0.25) is 0 Å². The summed E-state index contributed by atoms with van der Waals surface area (Å²) in [5.74, 6) is 2.31. The molecule has 0 saturated heterocycles. The van der Waals surface area contributed by atoms with Crippen LogP contribution in [0.4, 0.5) is 5.69 Å². The molecule has 7 nitrogen and oxygen atoms in total. The van der Waals surface area contributed by atoms with Crippen LogP contribution in [-0.2, 0) is 11.3 Å². The number of amides is 1. The number of aromatic nitrogens is 3. The van der Waals surface area contributed by atoms with Crippen molar-refractivity contribution < 1.29 is 14.3 Å². The molecular formula is C24H28N4O3S. The van der Waals surface area contributed by atoms with Gasteiger partial charge in [0.05, 0.1) is 12.9 Å². The number of rotatable bonds is 10. The third-order valence-electron chi connectivity index (χ3n) is 4.99. The van der Waals surface area contributed by atoms with Gasteiger partial charge in [0.15, 0.2) is 17.1 Å². The Bertz CT molecular complexity index is 1080. The zero-order valence-electron chi connectivity index (χ0n) is 18.8. The van der Waals surface area contributed by atoms with Crippen LogP contribution >= 0.6 is 11.8 Å². The molecule has 168 valence electrons. The largest absolute Gasteiger partial charge is 0.497 e. The summed E-state index contributed by atoms with van der Waals surface area (Å²) in [5.41, 5.74) is 2.97. The molecule has 32 heavy (non-hydrogen) atoms. The van der Waals surface area contributed by atoms with Crippen molar-refractivity contribution in [1.29, 1.82) is 0 Å². The lowest BCUT2D eigenvalue weighted by molar-refractivity contribution is -0.113. The van der Waals surface area contributed by atoms with Gasteiger partial charge < -0.3 is 14.8 Å². The average molecular weight is 453 g/mol. The van der Waals surface area contributed by atoms with Crippen LogP contribution in [0.1, 0.15) is 30.0 Å². The lowest BCUT2D eigenvalue weighted by Crippen LogP contribution is -2.15. The van der Waals surface area contributed by atoms with Crippen molar-refractivity contribution >= 4 is 23.4 Å². The van der Waals surface area contributed by atoms with E-state index in [4.69, 9.17) is 9.47 Å². The van der Waals surface area contributed by atoms with E-state index in [-0.39, 0.29) is 17.8 Å². The number of hydrogen-bond acceptors (Lipinski definition) is 6. The third kappa shape index (κ3) is 5.70. The van der Waals surface area contributed by atoms with E-state index in [0.717, 1.165) is 17.1 Å². The molecule has 0 radical (unpaired) electrons. The third-order valence-corrected chi connectivity index (χ3v) is 5.95. The zero-order chi connectivity index (χ0) is 23.1. The van der Waals surface area contributed by atoms with Gasteiger partial charge in [-0.1, -0.05) is 30.0 Å². The van der Waals surface area contributed by atoms with E-state index < -0.39 is 0 Å². The minimum atomic E-state index is -0.314. The summed E-state index contributed by atoms with van der Waals surface area (Å²) in [6.07, 6.45) is 1.46. The van der Waals surface area contributed by atoms with E-state index in [9.17, 15) is 4.79 Å². The van der Waals surface area contributed by atoms with Crippen molar-refractivity contribution in [2.24, 2.45) is 0 Å². The average Bonchev–Trinajstić information content (AvgIpc) is 3.19. The molecule has 2 aromatic carbocycles. The quantitative estimate of drug-likeness (QED) is 0.346. The van der Waals surface area contributed by atoms with E-state index in [1.165, 1.54) is 17.3 Å². The highest BCUT2D eigenvalue weighted by molar-refractivity contribution is 7.99. The second kappa shape index (κ2) is 10.9. The van der Waals surface area contributed by atoms with Gasteiger partial charge in [-0.05, 0) is 62.2 Å². The maximum Gasteiger partial charge on any atom is 0.234 e. The molecule has 8 heteroatoms. The second-order valence-electron chi connectivity index (χ2n) is 7.26. The lowest BCUT2D eigenvalue weighted by Gasteiger charge is -2.18. The molecular weight excluding hydrogens is 424 g/mol. The Morgan fingerprint density at radius 3 is 2.66 bits per heavy atom. The van der Waals surface area contributed by atoms with Crippen LogP contribution in [0.3, 0.4) is 0 Å². The normalized spacial score (nSPS) is 11.6. The maximum atomic E-state index is 12.4. The molecule has 0 aliphatic carbocycles. The summed E-state index contributed by atoms with van der Waals surface area (Å²) < 4.78 is 13.2. The molecule has 1 heterocycles. The number of benzene rings is 2. The van der Waals surface area contributed by atoms with Crippen LogP contribution < -0.4 is 14.8 Å². The van der Waals surface area contributed by atoms with Gasteiger partial charge in [0, 0.05) is 12.2 Å². The lowest BCUT2D eigenvalue weighted by atomic mass is 10.1. The number of ether oxygens (including phenoxy) is 2. The summed E-state index contributed by atoms with van der Waals surface area (Å²) in [7, 11) is 1.60. The Hall–Kier alpha value is -3.26. The van der Waals surface area contributed by atoms with Crippen LogP contribution in [0, 0.1) is 13.8 Å². The monoisotopic (exact) mass is 452 g/mol. The fourth-order valence-corrected chi connectivity index (χ4v) is 3.86. The number of thioether (sulfide) groups is 1. The van der Waals surface area contributed by atoms with Crippen LogP contribution in [0.25, 0.3) is 0 Å². The number of hydrogen-bond donors (Lipinski definition) is 1. The molecule has 3 aromatic rings. The molecule has 0 aliphatic heterocycles. The second-order valence-corrected chi connectivity index (χ2v) is 8.21. The van der Waals surface area contributed by atoms with Crippen molar-refractivity contribution in [3.05, 3.63) is 72.1 Å². The highest BCUT2D eigenvalue weighted by Crippen LogP contribution is 2.28. The van der Waals surface area contributed by atoms with Crippen molar-refractivity contribution in [2.75, 3.05) is 18.2 Å². The SMILES string of the molecule is C=CCn1c(SCC(=O)Nc2ccc(OC)cc2)nnc1C(C)Oc1cccc(C)c1C. The minimum Gasteiger partial charge on any atom is -0.497 e. The van der Waals surface area contributed by atoms with Crippen molar-refractivity contribution in [3.63, 3.8) is 0 Å². The fraction of sp³-hybridized carbons (Fsp3) is 0.292. The van der Waals surface area contributed by atoms with E-state index >= 15 is 0 Å². The number of nitrogens with zero attached hydrogens (tertiary/aromatic N) is 3. The van der Waals surface area contributed by atoms with Gasteiger partial charge in [-0.3, -0.25) is 9.36 Å². The first-order valence-electron chi connectivity index (χ1n) is 10.3. The Labute approximate surface area is 192 Å². The molecule has 1 unspecified atom stereocenters. The molecule has 1 aromatic heterocycles. The summed E-state index contributed by atoms with van der Waals surface area (Å²) in [6, 6.07) is 13.2. The number of allylic oxidation sites excluding steroid dienone is 1. The first-order valence-corrected chi connectivity index (χ1v) is 11.2. The number of carbonyl (C=O) groups is 1. The number of methoxy groups -OCH3 is 1.